The van der Waals surface area contributed by atoms with Gasteiger partial charge in [0, 0.05) is 56.5 Å². The van der Waals surface area contributed by atoms with Crippen LogP contribution in [0.5, 0.6) is 0 Å². The lowest BCUT2D eigenvalue weighted by Gasteiger charge is -2.32. The van der Waals surface area contributed by atoms with Crippen LogP contribution in [0.1, 0.15) is 66.1 Å². The zero-order chi connectivity index (χ0) is 34.1. The summed E-state index contributed by atoms with van der Waals surface area (Å²) < 4.78 is 2.45. The number of hydrogen-bond donors (Lipinski definition) is 1. The van der Waals surface area contributed by atoms with Crippen LogP contribution in [0.15, 0.2) is 170 Å². The number of aromatic nitrogens is 1. The highest BCUT2D eigenvalue weighted by Crippen LogP contribution is 2.58. The van der Waals surface area contributed by atoms with Crippen LogP contribution in [-0.4, -0.2) is 4.57 Å². The number of para-hydroxylation sites is 1. The standard InChI is InChI=1S/C48H39N3/c1-48(2)40-24-14-12-22-37(40)47-45(48)39-27-26-34-28-29-50(46(34)44(39)38-23-13-15-25-43(38)51(47)35-20-10-5-11-21-35)36-30-41(32-16-6-3-7-17-32)49-42(31-36)33-18-8-4-9-19-33/h3-14,16-24,26-31,41,49H,15,25H2,1-2H3. The zero-order valence-corrected chi connectivity index (χ0v) is 29.0. The Labute approximate surface area is 299 Å². The molecule has 0 saturated heterocycles. The van der Waals surface area contributed by atoms with Gasteiger partial charge in [-0.05, 0) is 71.0 Å². The van der Waals surface area contributed by atoms with Crippen LogP contribution < -0.4 is 10.2 Å². The molecule has 1 unspecified atom stereocenters. The second-order valence-electron chi connectivity index (χ2n) is 14.5. The first-order chi connectivity index (χ1) is 25.1. The number of anilines is 1. The van der Waals surface area contributed by atoms with E-state index in [0.29, 0.717) is 0 Å². The zero-order valence-electron chi connectivity index (χ0n) is 29.0. The summed E-state index contributed by atoms with van der Waals surface area (Å²) in [6.07, 6.45) is 13.8. The summed E-state index contributed by atoms with van der Waals surface area (Å²) in [5.74, 6) is 0. The molecule has 1 aromatic heterocycles. The van der Waals surface area contributed by atoms with E-state index in [9.17, 15) is 0 Å². The van der Waals surface area contributed by atoms with Gasteiger partial charge in [0.25, 0.3) is 0 Å². The summed E-state index contributed by atoms with van der Waals surface area (Å²) in [6, 6.07) is 48.6. The molecule has 4 aliphatic rings. The number of dihydropyridines is 1. The van der Waals surface area contributed by atoms with Gasteiger partial charge in [0.15, 0.2) is 0 Å². The van der Waals surface area contributed by atoms with Crippen molar-refractivity contribution in [3.8, 4) is 0 Å². The Kier molecular flexibility index (Phi) is 6.72. The summed E-state index contributed by atoms with van der Waals surface area (Å²) in [5.41, 5.74) is 17.7. The minimum atomic E-state index is -0.204. The maximum absolute atomic E-state index is 3.86. The summed E-state index contributed by atoms with van der Waals surface area (Å²) in [6.45, 7) is 4.83. The number of allylic oxidation sites excluding steroid dienone is 7. The van der Waals surface area contributed by atoms with Crippen molar-refractivity contribution >= 4 is 44.8 Å². The van der Waals surface area contributed by atoms with Crippen molar-refractivity contribution in [3.05, 3.63) is 203 Å². The van der Waals surface area contributed by atoms with Crippen LogP contribution in [0.3, 0.4) is 0 Å². The number of fused-ring (bicyclic) bond motifs is 7. The Morgan fingerprint density at radius 3 is 2.25 bits per heavy atom. The first kappa shape index (κ1) is 29.8. The van der Waals surface area contributed by atoms with Gasteiger partial charge in [-0.25, -0.2) is 0 Å². The van der Waals surface area contributed by atoms with Crippen LogP contribution in [0.2, 0.25) is 0 Å². The van der Waals surface area contributed by atoms with E-state index in [-0.39, 0.29) is 11.5 Å². The minimum absolute atomic E-state index is 0.0247. The second-order valence-corrected chi connectivity index (χ2v) is 14.5. The van der Waals surface area contributed by atoms with Crippen LogP contribution >= 0.6 is 0 Å². The van der Waals surface area contributed by atoms with Gasteiger partial charge in [-0.3, -0.25) is 0 Å². The quantitative estimate of drug-likeness (QED) is 0.204. The Morgan fingerprint density at radius 2 is 1.45 bits per heavy atom. The van der Waals surface area contributed by atoms with Gasteiger partial charge in [0.05, 0.1) is 17.3 Å². The van der Waals surface area contributed by atoms with E-state index in [0.717, 1.165) is 18.5 Å². The highest BCUT2D eigenvalue weighted by atomic mass is 15.2. The molecule has 0 radical (unpaired) electrons. The molecule has 3 nitrogen and oxygen atoms in total. The van der Waals surface area contributed by atoms with Gasteiger partial charge < -0.3 is 14.8 Å². The van der Waals surface area contributed by atoms with E-state index in [1.54, 1.807) is 0 Å². The van der Waals surface area contributed by atoms with Crippen molar-refractivity contribution in [3.63, 3.8) is 0 Å². The van der Waals surface area contributed by atoms with E-state index in [2.05, 4.69) is 193 Å². The van der Waals surface area contributed by atoms with Crippen LogP contribution in [-0.2, 0) is 5.41 Å². The van der Waals surface area contributed by atoms with E-state index in [4.69, 9.17) is 0 Å². The Hall–Kier alpha value is -6.06. The van der Waals surface area contributed by atoms with E-state index < -0.39 is 0 Å². The van der Waals surface area contributed by atoms with Crippen molar-refractivity contribution < 1.29 is 0 Å². The molecular formula is C48H39N3. The highest BCUT2D eigenvalue weighted by molar-refractivity contribution is 6.15. The summed E-state index contributed by atoms with van der Waals surface area (Å²) >= 11 is 0. The molecular weight excluding hydrogens is 619 g/mol. The fraction of sp³-hybridized carbons (Fsp3) is 0.125. The first-order valence-electron chi connectivity index (χ1n) is 18.1. The molecule has 6 aromatic rings. The van der Waals surface area contributed by atoms with Gasteiger partial charge >= 0.3 is 0 Å². The van der Waals surface area contributed by atoms with Crippen molar-refractivity contribution in [2.24, 2.45) is 0 Å². The molecule has 0 spiro atoms. The number of benzene rings is 5. The summed E-state index contributed by atoms with van der Waals surface area (Å²) in [5, 5.41) is 5.10. The predicted octanol–water partition coefficient (Wildman–Crippen LogP) is 11.6. The Balaban J connectivity index is 1.29. The second kappa shape index (κ2) is 11.5. The van der Waals surface area contributed by atoms with Crippen LogP contribution in [0.4, 0.5) is 5.69 Å². The van der Waals surface area contributed by atoms with E-state index in [1.165, 1.54) is 78.2 Å². The number of hydrogen-bond acceptors (Lipinski definition) is 2. The van der Waals surface area contributed by atoms with Crippen molar-refractivity contribution in [2.45, 2.75) is 38.1 Å². The lowest BCUT2D eigenvalue weighted by molar-refractivity contribution is 0.703. The molecule has 1 atom stereocenters. The lowest BCUT2D eigenvalue weighted by Crippen LogP contribution is -2.23. The van der Waals surface area contributed by atoms with Gasteiger partial charge in [-0.15, -0.1) is 0 Å². The normalized spacial score (nSPS) is 18.7. The third kappa shape index (κ3) is 4.58. The van der Waals surface area contributed by atoms with Gasteiger partial charge in [-0.1, -0.05) is 141 Å². The summed E-state index contributed by atoms with van der Waals surface area (Å²) in [7, 11) is 0. The maximum Gasteiger partial charge on any atom is 0.0721 e. The van der Waals surface area contributed by atoms with E-state index in [1.807, 2.05) is 0 Å². The van der Waals surface area contributed by atoms with E-state index >= 15 is 0 Å². The fourth-order valence-corrected chi connectivity index (χ4v) is 8.92. The molecule has 2 aliphatic carbocycles. The molecule has 0 amide bonds. The minimum Gasteiger partial charge on any atom is -0.374 e. The topological polar surface area (TPSA) is 20.2 Å². The molecule has 0 bridgehead atoms. The smallest absolute Gasteiger partial charge is 0.0721 e. The van der Waals surface area contributed by atoms with Crippen LogP contribution in [0, 0.1) is 0 Å². The van der Waals surface area contributed by atoms with Crippen LogP contribution in [0.25, 0.3) is 39.1 Å². The molecule has 246 valence electrons. The van der Waals surface area contributed by atoms with Crippen molar-refractivity contribution in [2.75, 3.05) is 4.90 Å². The summed E-state index contributed by atoms with van der Waals surface area (Å²) in [4.78, 5) is 2.60. The van der Waals surface area contributed by atoms with Gasteiger partial charge in [0.1, 0.15) is 0 Å². The number of nitrogens with zero attached hydrogens (tertiary/aromatic N) is 2. The molecule has 1 N–H and O–H groups in total. The average Bonchev–Trinajstić information content (AvgIpc) is 3.68. The molecule has 3 heteroatoms. The third-order valence-corrected chi connectivity index (χ3v) is 11.2. The third-order valence-electron chi connectivity index (χ3n) is 11.2. The van der Waals surface area contributed by atoms with Crippen molar-refractivity contribution in [1.29, 1.82) is 0 Å². The molecule has 3 heterocycles. The number of nitrogens with one attached hydrogen (secondary N) is 1. The SMILES string of the molecule is CC1(C)C2=C(c3ccccc31)N(c1ccccc1)C1=C(C=CCC1)c1c2ccc2ccn(C3=CC(c4ccccc4)NC(c4ccccc4)=C3)c12. The number of rotatable bonds is 4. The molecule has 51 heavy (non-hydrogen) atoms. The molecule has 5 aromatic carbocycles. The first-order valence-corrected chi connectivity index (χ1v) is 18.1. The lowest BCUT2D eigenvalue weighted by atomic mass is 9.76. The van der Waals surface area contributed by atoms with Gasteiger partial charge in [-0.2, -0.15) is 0 Å². The Morgan fingerprint density at radius 1 is 0.725 bits per heavy atom. The van der Waals surface area contributed by atoms with Gasteiger partial charge in [0.2, 0.25) is 0 Å². The fourth-order valence-electron chi connectivity index (χ4n) is 8.92. The molecule has 2 aliphatic heterocycles. The molecule has 0 fully saturated rings. The monoisotopic (exact) mass is 657 g/mol. The highest BCUT2D eigenvalue weighted by Gasteiger charge is 2.45. The van der Waals surface area contributed by atoms with Crippen molar-refractivity contribution in [1.82, 2.24) is 9.88 Å². The largest absolute Gasteiger partial charge is 0.374 e. The predicted molar refractivity (Wildman–Crippen MR) is 213 cm³/mol. The average molecular weight is 658 g/mol. The molecule has 10 rings (SSSR count). The maximum atomic E-state index is 3.86. The Bertz CT molecular complexity index is 2510. The molecule has 0 saturated carbocycles.